The van der Waals surface area contributed by atoms with Gasteiger partial charge in [0.25, 0.3) is 0 Å². The molecule has 0 spiro atoms. The summed E-state index contributed by atoms with van der Waals surface area (Å²) in [6.45, 7) is 2.03. The second-order valence-corrected chi connectivity index (χ2v) is 3.68. The first kappa shape index (κ1) is 7.75. The van der Waals surface area contributed by atoms with Crippen LogP contribution in [0.1, 0.15) is 19.8 Å². The van der Waals surface area contributed by atoms with Crippen LogP contribution in [0.15, 0.2) is 0 Å². The maximum absolute atomic E-state index is 11.5. The van der Waals surface area contributed by atoms with Gasteiger partial charge >= 0.3 is 0 Å². The van der Waals surface area contributed by atoms with Gasteiger partial charge < -0.3 is 4.74 Å². The minimum absolute atomic E-state index is 0.0706. The van der Waals surface area contributed by atoms with Gasteiger partial charge in [-0.25, -0.2) is 0 Å². The fourth-order valence-corrected chi connectivity index (χ4v) is 1.99. The smallest absolute Gasteiger partial charge is 0.168 e. The molecule has 3 nitrogen and oxygen atoms in total. The molecule has 1 saturated heterocycles. The zero-order valence-electron chi connectivity index (χ0n) is 6.99. The number of epoxide rings is 1. The number of ether oxygens (including phenoxy) is 1. The molecule has 0 aromatic carbocycles. The molecule has 0 radical (unpaired) electrons. The van der Waals surface area contributed by atoms with Gasteiger partial charge in [0.1, 0.15) is 6.10 Å². The Morgan fingerprint density at radius 2 is 2.50 bits per heavy atom. The number of carbonyl (C=O) groups is 1. The third-order valence-corrected chi connectivity index (χ3v) is 2.83. The van der Waals surface area contributed by atoms with Crippen molar-refractivity contribution in [2.24, 2.45) is 11.8 Å². The zero-order valence-corrected chi connectivity index (χ0v) is 6.99. The predicted octanol–water partition coefficient (Wildman–Crippen LogP) is 0.893. The quantitative estimate of drug-likeness (QED) is 0.542. The third kappa shape index (κ3) is 1.03. The minimum Gasteiger partial charge on any atom is -0.361 e. The van der Waals surface area contributed by atoms with E-state index in [-0.39, 0.29) is 23.9 Å². The summed E-state index contributed by atoms with van der Waals surface area (Å²) in [7, 11) is 0. The molecule has 0 N–H and O–H groups in total. The molecule has 0 amide bonds. The first-order valence-corrected chi connectivity index (χ1v) is 4.30. The van der Waals surface area contributed by atoms with Crippen molar-refractivity contribution >= 4 is 5.78 Å². The Balaban J connectivity index is 2.09. The Hall–Kier alpha value is -0.880. The molecule has 2 aliphatic rings. The first-order valence-electron chi connectivity index (χ1n) is 4.30. The van der Waals surface area contributed by atoms with Gasteiger partial charge in [-0.3, -0.25) is 4.79 Å². The average molecular weight is 165 g/mol. The van der Waals surface area contributed by atoms with Crippen LogP contribution in [0.4, 0.5) is 0 Å². The lowest BCUT2D eigenvalue weighted by molar-refractivity contribution is -0.126. The molecular weight excluding hydrogens is 154 g/mol. The van der Waals surface area contributed by atoms with Crippen LogP contribution in [-0.4, -0.2) is 18.0 Å². The molecule has 2 fully saturated rings. The van der Waals surface area contributed by atoms with Gasteiger partial charge in [0.2, 0.25) is 0 Å². The average Bonchev–Trinajstić information content (AvgIpc) is 2.76. The van der Waals surface area contributed by atoms with Gasteiger partial charge in [0, 0.05) is 12.3 Å². The van der Waals surface area contributed by atoms with Crippen molar-refractivity contribution in [1.82, 2.24) is 0 Å². The summed E-state index contributed by atoms with van der Waals surface area (Å²) in [5, 5.41) is 8.51. The van der Waals surface area contributed by atoms with Crippen molar-refractivity contribution in [3.8, 4) is 6.07 Å². The number of hydrogen-bond acceptors (Lipinski definition) is 3. The van der Waals surface area contributed by atoms with Crippen LogP contribution < -0.4 is 0 Å². The number of nitriles is 1. The Kier molecular flexibility index (Phi) is 1.66. The van der Waals surface area contributed by atoms with Crippen LogP contribution >= 0.6 is 0 Å². The minimum atomic E-state index is -0.153. The molecule has 2 rings (SSSR count). The fraction of sp³-hybridized carbons (Fsp3) is 0.778. The predicted molar refractivity (Wildman–Crippen MR) is 41.2 cm³/mol. The maximum Gasteiger partial charge on any atom is 0.168 e. The molecule has 1 saturated carbocycles. The van der Waals surface area contributed by atoms with E-state index in [0.29, 0.717) is 12.3 Å². The molecule has 1 aliphatic heterocycles. The van der Waals surface area contributed by atoms with Crippen molar-refractivity contribution in [2.75, 3.05) is 0 Å². The molecule has 0 bridgehead atoms. The van der Waals surface area contributed by atoms with E-state index in [2.05, 4.69) is 6.07 Å². The molecule has 4 atom stereocenters. The Labute approximate surface area is 71.3 Å². The van der Waals surface area contributed by atoms with Gasteiger partial charge in [-0.15, -0.1) is 0 Å². The van der Waals surface area contributed by atoms with Crippen LogP contribution in [0.5, 0.6) is 0 Å². The van der Waals surface area contributed by atoms with E-state index in [1.807, 2.05) is 6.92 Å². The summed E-state index contributed by atoms with van der Waals surface area (Å²) >= 11 is 0. The highest BCUT2D eigenvalue weighted by atomic mass is 16.6. The summed E-state index contributed by atoms with van der Waals surface area (Å²) in [6, 6.07) is 2.06. The van der Waals surface area contributed by atoms with E-state index in [1.165, 1.54) is 0 Å². The van der Waals surface area contributed by atoms with Crippen molar-refractivity contribution in [3.05, 3.63) is 0 Å². The molecular formula is C9H11NO2. The zero-order chi connectivity index (χ0) is 8.72. The van der Waals surface area contributed by atoms with E-state index in [9.17, 15) is 4.79 Å². The van der Waals surface area contributed by atoms with Crippen molar-refractivity contribution in [2.45, 2.75) is 32.0 Å². The van der Waals surface area contributed by atoms with Crippen molar-refractivity contribution in [1.29, 1.82) is 5.26 Å². The number of Topliss-reactive ketones (excluding diaryl/α,β-unsaturated/α-hetero) is 1. The van der Waals surface area contributed by atoms with E-state index < -0.39 is 0 Å². The summed E-state index contributed by atoms with van der Waals surface area (Å²) in [5.41, 5.74) is 0. The fourth-order valence-electron chi connectivity index (χ4n) is 1.99. The largest absolute Gasteiger partial charge is 0.361 e. The summed E-state index contributed by atoms with van der Waals surface area (Å²) in [4.78, 5) is 11.5. The Morgan fingerprint density at radius 1 is 1.75 bits per heavy atom. The number of ketones is 1. The van der Waals surface area contributed by atoms with Crippen LogP contribution in [-0.2, 0) is 9.53 Å². The summed E-state index contributed by atoms with van der Waals surface area (Å²) < 4.78 is 5.18. The van der Waals surface area contributed by atoms with Gasteiger partial charge in [0.05, 0.1) is 12.2 Å². The lowest BCUT2D eigenvalue weighted by atomic mass is 9.78. The number of fused-ring (bicyclic) bond motifs is 1. The van der Waals surface area contributed by atoms with Crippen LogP contribution in [0.25, 0.3) is 0 Å². The Morgan fingerprint density at radius 3 is 3.17 bits per heavy atom. The van der Waals surface area contributed by atoms with E-state index in [4.69, 9.17) is 10.00 Å². The second kappa shape index (κ2) is 2.56. The normalized spacial score (nSPS) is 44.8. The number of hydrogen-bond donors (Lipinski definition) is 0. The van der Waals surface area contributed by atoms with Gasteiger partial charge in [-0.05, 0) is 12.3 Å². The SMILES string of the molecule is C[C@@H]1C[C@H]2O[C@H]2C(=O)[C@H]1CC#N. The highest BCUT2D eigenvalue weighted by molar-refractivity contribution is 5.89. The molecule has 64 valence electrons. The standard InChI is InChI=1S/C9H11NO2/c1-5-4-7-9(12-7)8(11)6(5)2-3-10/h5-7,9H,2,4H2,1H3/t5-,6+,7-,9-/m1/s1. The maximum atomic E-state index is 11.5. The number of nitrogens with zero attached hydrogens (tertiary/aromatic N) is 1. The molecule has 1 heterocycles. The lowest BCUT2D eigenvalue weighted by Crippen LogP contribution is -2.32. The van der Waals surface area contributed by atoms with Gasteiger partial charge in [0.15, 0.2) is 5.78 Å². The van der Waals surface area contributed by atoms with E-state index >= 15 is 0 Å². The van der Waals surface area contributed by atoms with Crippen LogP contribution in [0, 0.1) is 23.2 Å². The first-order chi connectivity index (χ1) is 5.74. The monoisotopic (exact) mass is 165 g/mol. The van der Waals surface area contributed by atoms with Gasteiger partial charge in [-0.2, -0.15) is 5.26 Å². The van der Waals surface area contributed by atoms with Crippen LogP contribution in [0.2, 0.25) is 0 Å². The summed E-state index contributed by atoms with van der Waals surface area (Å²) in [5.74, 6) is 0.403. The van der Waals surface area contributed by atoms with Crippen molar-refractivity contribution < 1.29 is 9.53 Å². The summed E-state index contributed by atoms with van der Waals surface area (Å²) in [6.07, 6.45) is 1.33. The topological polar surface area (TPSA) is 53.4 Å². The van der Waals surface area contributed by atoms with E-state index in [0.717, 1.165) is 6.42 Å². The second-order valence-electron chi connectivity index (χ2n) is 3.68. The van der Waals surface area contributed by atoms with E-state index in [1.54, 1.807) is 0 Å². The lowest BCUT2D eigenvalue weighted by Gasteiger charge is -2.22. The number of carbonyl (C=O) groups excluding carboxylic acids is 1. The molecule has 3 heteroatoms. The molecule has 0 aromatic rings. The molecule has 12 heavy (non-hydrogen) atoms. The highest BCUT2D eigenvalue weighted by Gasteiger charge is 2.53. The third-order valence-electron chi connectivity index (χ3n) is 2.83. The highest BCUT2D eigenvalue weighted by Crippen LogP contribution is 2.41. The van der Waals surface area contributed by atoms with Gasteiger partial charge in [-0.1, -0.05) is 6.92 Å². The molecule has 1 aliphatic carbocycles. The number of rotatable bonds is 1. The Bertz CT molecular complexity index is 256. The van der Waals surface area contributed by atoms with Crippen LogP contribution in [0.3, 0.4) is 0 Å². The van der Waals surface area contributed by atoms with Crippen molar-refractivity contribution in [3.63, 3.8) is 0 Å². The molecule has 0 unspecified atom stereocenters. The molecule has 0 aromatic heterocycles.